The van der Waals surface area contributed by atoms with E-state index in [1.165, 1.54) is 10.6 Å². The Labute approximate surface area is 140 Å². The van der Waals surface area contributed by atoms with Crippen LogP contribution < -0.4 is 9.62 Å². The summed E-state index contributed by atoms with van der Waals surface area (Å²) in [7, 11) is -3.42. The molecule has 0 radical (unpaired) electrons. The topological polar surface area (TPSA) is 66.5 Å². The van der Waals surface area contributed by atoms with Crippen LogP contribution >= 0.6 is 0 Å². The molecular formula is C17H28N2O3S. The predicted molar refractivity (Wildman–Crippen MR) is 95.3 cm³/mol. The summed E-state index contributed by atoms with van der Waals surface area (Å²) in [5.74, 6) is 0.269. The van der Waals surface area contributed by atoms with Crippen molar-refractivity contribution in [1.82, 2.24) is 5.32 Å². The summed E-state index contributed by atoms with van der Waals surface area (Å²) in [5, 5.41) is 2.81. The molecule has 0 fully saturated rings. The maximum Gasteiger partial charge on any atom is 0.232 e. The second kappa shape index (κ2) is 8.91. The molecule has 1 aromatic carbocycles. The van der Waals surface area contributed by atoms with E-state index in [0.717, 1.165) is 18.4 Å². The molecule has 130 valence electrons. The predicted octanol–water partition coefficient (Wildman–Crippen LogP) is 2.88. The van der Waals surface area contributed by atoms with Gasteiger partial charge < -0.3 is 5.32 Å². The number of carbonyl (C=O) groups is 1. The van der Waals surface area contributed by atoms with Crippen molar-refractivity contribution in [3.8, 4) is 0 Å². The quantitative estimate of drug-likeness (QED) is 0.703. The zero-order valence-corrected chi connectivity index (χ0v) is 15.3. The van der Waals surface area contributed by atoms with Crippen molar-refractivity contribution in [3.05, 3.63) is 29.8 Å². The number of hydrogen-bond acceptors (Lipinski definition) is 3. The zero-order chi connectivity index (χ0) is 17.5. The number of nitrogens with one attached hydrogen (secondary N) is 1. The maximum atomic E-state index is 12.0. The van der Waals surface area contributed by atoms with Crippen LogP contribution in [-0.2, 0) is 14.8 Å². The average molecular weight is 340 g/mol. The van der Waals surface area contributed by atoms with Gasteiger partial charge in [0.25, 0.3) is 0 Å². The number of rotatable bonds is 9. The molecule has 0 aliphatic heterocycles. The Hall–Kier alpha value is -1.56. The van der Waals surface area contributed by atoms with Crippen molar-refractivity contribution in [2.75, 3.05) is 23.7 Å². The smallest absolute Gasteiger partial charge is 0.232 e. The van der Waals surface area contributed by atoms with Crippen molar-refractivity contribution < 1.29 is 13.2 Å². The van der Waals surface area contributed by atoms with Crippen LogP contribution in [0.4, 0.5) is 5.69 Å². The summed E-state index contributed by atoms with van der Waals surface area (Å²) < 4.78 is 25.3. The van der Waals surface area contributed by atoms with Gasteiger partial charge in [-0.25, -0.2) is 8.42 Å². The molecule has 1 amide bonds. The van der Waals surface area contributed by atoms with Gasteiger partial charge in [-0.1, -0.05) is 39.3 Å². The summed E-state index contributed by atoms with van der Waals surface area (Å²) in [4.78, 5) is 11.8. The van der Waals surface area contributed by atoms with Crippen LogP contribution in [-0.4, -0.2) is 33.7 Å². The normalized spacial score (nSPS) is 11.5. The molecule has 0 unspecified atom stereocenters. The number of unbranched alkanes of at least 4 members (excludes halogenated alkanes) is 1. The summed E-state index contributed by atoms with van der Waals surface area (Å²) >= 11 is 0. The fourth-order valence-electron chi connectivity index (χ4n) is 2.21. The molecule has 0 atom stereocenters. The lowest BCUT2D eigenvalue weighted by molar-refractivity contribution is -0.120. The molecule has 0 aliphatic carbocycles. The van der Waals surface area contributed by atoms with Gasteiger partial charge in [-0.2, -0.15) is 0 Å². The first-order chi connectivity index (χ1) is 10.8. The molecule has 0 spiro atoms. The largest absolute Gasteiger partial charge is 0.356 e. The van der Waals surface area contributed by atoms with Gasteiger partial charge in [0.2, 0.25) is 15.9 Å². The van der Waals surface area contributed by atoms with Crippen LogP contribution in [0.15, 0.2) is 24.3 Å². The number of hydrogen-bond donors (Lipinski definition) is 1. The molecule has 1 aromatic rings. The first kappa shape index (κ1) is 19.5. The van der Waals surface area contributed by atoms with E-state index in [2.05, 4.69) is 26.1 Å². The highest BCUT2D eigenvalue weighted by Crippen LogP contribution is 2.22. The third-order valence-corrected chi connectivity index (χ3v) is 4.84. The second-order valence-electron chi connectivity index (χ2n) is 6.03. The maximum absolute atomic E-state index is 12.0. The number of amides is 1. The van der Waals surface area contributed by atoms with E-state index < -0.39 is 10.0 Å². The molecule has 6 heteroatoms. The fourth-order valence-corrected chi connectivity index (χ4v) is 3.14. The van der Waals surface area contributed by atoms with Crippen LogP contribution in [0.2, 0.25) is 0 Å². The second-order valence-corrected chi connectivity index (χ2v) is 7.94. The number of anilines is 1. The molecule has 5 nitrogen and oxygen atoms in total. The Morgan fingerprint density at radius 1 is 1.22 bits per heavy atom. The van der Waals surface area contributed by atoms with Crippen LogP contribution in [0, 0.1) is 0 Å². The molecule has 0 bridgehead atoms. The van der Waals surface area contributed by atoms with Gasteiger partial charge in [-0.15, -0.1) is 0 Å². The van der Waals surface area contributed by atoms with E-state index in [4.69, 9.17) is 0 Å². The van der Waals surface area contributed by atoms with Gasteiger partial charge in [0.1, 0.15) is 0 Å². The summed E-state index contributed by atoms with van der Waals surface area (Å²) in [6.07, 6.45) is 3.26. The molecule has 1 N–H and O–H groups in total. The number of sulfonamides is 1. The van der Waals surface area contributed by atoms with Gasteiger partial charge in [0.15, 0.2) is 0 Å². The Kier molecular flexibility index (Phi) is 7.55. The van der Waals surface area contributed by atoms with Gasteiger partial charge in [-0.05, 0) is 30.0 Å². The van der Waals surface area contributed by atoms with E-state index in [-0.39, 0.29) is 18.9 Å². The Balaban J connectivity index is 2.76. The third kappa shape index (κ3) is 6.60. The molecule has 0 aliphatic rings. The summed E-state index contributed by atoms with van der Waals surface area (Å²) in [6, 6.07) is 7.45. The van der Waals surface area contributed by atoms with E-state index in [1.54, 1.807) is 12.1 Å². The molecule has 0 aromatic heterocycles. The van der Waals surface area contributed by atoms with E-state index >= 15 is 0 Å². The number of carbonyl (C=O) groups excluding carboxylic acids is 1. The standard InChI is InChI=1S/C17H28N2O3S/c1-5-6-12-18-17(20)11-13-19(23(4,21)22)16-9-7-15(8-10-16)14(2)3/h7-10,14H,5-6,11-13H2,1-4H3,(H,18,20). The van der Waals surface area contributed by atoms with Crippen LogP contribution in [0.3, 0.4) is 0 Å². The lowest BCUT2D eigenvalue weighted by atomic mass is 10.0. The first-order valence-corrected chi connectivity index (χ1v) is 9.95. The number of nitrogens with zero attached hydrogens (tertiary/aromatic N) is 1. The fraction of sp³-hybridized carbons (Fsp3) is 0.588. The van der Waals surface area contributed by atoms with Crippen molar-refractivity contribution in [3.63, 3.8) is 0 Å². The van der Waals surface area contributed by atoms with Crippen molar-refractivity contribution in [2.45, 2.75) is 46.0 Å². The zero-order valence-electron chi connectivity index (χ0n) is 14.5. The highest BCUT2D eigenvalue weighted by molar-refractivity contribution is 7.92. The monoisotopic (exact) mass is 340 g/mol. The molecule has 0 saturated heterocycles. The highest BCUT2D eigenvalue weighted by atomic mass is 32.2. The number of benzene rings is 1. The summed E-state index contributed by atoms with van der Waals surface area (Å²) in [6.45, 7) is 7.02. The lowest BCUT2D eigenvalue weighted by Crippen LogP contribution is -2.34. The van der Waals surface area contributed by atoms with Gasteiger partial charge >= 0.3 is 0 Å². The van der Waals surface area contributed by atoms with Crippen molar-refractivity contribution in [2.24, 2.45) is 0 Å². The minimum atomic E-state index is -3.42. The van der Waals surface area contributed by atoms with Crippen LogP contribution in [0.1, 0.15) is 51.5 Å². The third-order valence-electron chi connectivity index (χ3n) is 3.64. The Morgan fingerprint density at radius 2 is 1.83 bits per heavy atom. The van der Waals surface area contributed by atoms with Crippen molar-refractivity contribution >= 4 is 21.6 Å². The van der Waals surface area contributed by atoms with E-state index in [1.807, 2.05) is 12.1 Å². The molecular weight excluding hydrogens is 312 g/mol. The summed E-state index contributed by atoms with van der Waals surface area (Å²) in [5.41, 5.74) is 1.75. The molecule has 1 rings (SSSR count). The molecule has 0 saturated carbocycles. The van der Waals surface area contributed by atoms with Crippen LogP contribution in [0.25, 0.3) is 0 Å². The lowest BCUT2D eigenvalue weighted by Gasteiger charge is -2.22. The highest BCUT2D eigenvalue weighted by Gasteiger charge is 2.18. The Bertz CT molecular complexity index is 595. The minimum Gasteiger partial charge on any atom is -0.356 e. The van der Waals surface area contributed by atoms with Gasteiger partial charge in [-0.3, -0.25) is 9.10 Å². The first-order valence-electron chi connectivity index (χ1n) is 8.10. The minimum absolute atomic E-state index is 0.120. The van der Waals surface area contributed by atoms with E-state index in [0.29, 0.717) is 18.2 Å². The van der Waals surface area contributed by atoms with Gasteiger partial charge in [0, 0.05) is 19.5 Å². The molecule has 23 heavy (non-hydrogen) atoms. The van der Waals surface area contributed by atoms with E-state index in [9.17, 15) is 13.2 Å². The van der Waals surface area contributed by atoms with Gasteiger partial charge in [0.05, 0.1) is 11.9 Å². The Morgan fingerprint density at radius 3 is 2.30 bits per heavy atom. The SMILES string of the molecule is CCCCNC(=O)CCN(c1ccc(C(C)C)cc1)S(C)(=O)=O. The van der Waals surface area contributed by atoms with Crippen molar-refractivity contribution in [1.29, 1.82) is 0 Å². The van der Waals surface area contributed by atoms with Crippen LogP contribution in [0.5, 0.6) is 0 Å². The molecule has 0 heterocycles. The average Bonchev–Trinajstić information content (AvgIpc) is 2.47.